The first-order valence-corrected chi connectivity index (χ1v) is 12.1. The van der Waals surface area contributed by atoms with Crippen molar-refractivity contribution in [1.29, 1.82) is 0 Å². The van der Waals surface area contributed by atoms with E-state index < -0.39 is 0 Å². The highest BCUT2D eigenvalue weighted by atomic mass is 16.6. The van der Waals surface area contributed by atoms with Gasteiger partial charge in [0.1, 0.15) is 6.61 Å². The highest BCUT2D eigenvalue weighted by molar-refractivity contribution is 5.93. The predicted octanol–water partition coefficient (Wildman–Crippen LogP) is 8.09. The minimum Gasteiger partial charge on any atom is -0.396 e. The van der Waals surface area contributed by atoms with E-state index in [1.165, 1.54) is 56.9 Å². The normalized spacial score (nSPS) is 37.6. The Labute approximate surface area is 180 Å². The number of hydrogen-bond acceptors (Lipinski definition) is 2. The van der Waals surface area contributed by atoms with E-state index in [-0.39, 0.29) is 0 Å². The quantitative estimate of drug-likeness (QED) is 0.166. The highest BCUT2D eigenvalue weighted by Gasteiger charge is 2.70. The molecule has 2 nitrogen and oxygen atoms in total. The molecule has 3 fully saturated rings. The lowest BCUT2D eigenvalue weighted by atomic mass is 9.59. The van der Waals surface area contributed by atoms with Gasteiger partial charge in [0, 0.05) is 0 Å². The Bertz CT molecular complexity index is 685. The summed E-state index contributed by atoms with van der Waals surface area (Å²) >= 11 is 0. The molecule has 3 rings (SSSR count). The second-order valence-electron chi connectivity index (χ2n) is 11.4. The van der Waals surface area contributed by atoms with Gasteiger partial charge >= 0.3 is 0 Å². The van der Waals surface area contributed by atoms with Crippen LogP contribution in [0.3, 0.4) is 0 Å². The molecule has 3 saturated carbocycles. The summed E-state index contributed by atoms with van der Waals surface area (Å²) in [7, 11) is 0. The van der Waals surface area contributed by atoms with Crippen LogP contribution in [0.2, 0.25) is 0 Å². The van der Waals surface area contributed by atoms with Crippen molar-refractivity contribution in [2.75, 3.05) is 6.61 Å². The van der Waals surface area contributed by atoms with Gasteiger partial charge in [0.25, 0.3) is 0 Å². The summed E-state index contributed by atoms with van der Waals surface area (Å²) in [6, 6.07) is 0. The standard InChI is InChI=1S/C27H45NO/c1-20(2)10-8-11-21(3)13-17-29-28-23(5)18-22(4)27-15-9-14-26(7)24(27)12-16-25(26,6)19-27/h10,18,21,24H,8-9,11-17,19H2,1-7H3/b22-18+,28-23+/t21?,24-,25-,26-,27-/m0/s1. The monoisotopic (exact) mass is 399 g/mol. The Morgan fingerprint density at radius 3 is 2.59 bits per heavy atom. The summed E-state index contributed by atoms with van der Waals surface area (Å²) in [6.45, 7) is 17.0. The van der Waals surface area contributed by atoms with Gasteiger partial charge in [0.05, 0.1) is 5.71 Å². The van der Waals surface area contributed by atoms with Gasteiger partial charge in [-0.2, -0.15) is 0 Å². The number of rotatable bonds is 9. The molecule has 0 aromatic rings. The lowest BCUT2D eigenvalue weighted by molar-refractivity contribution is 0.0724. The average Bonchev–Trinajstić information content (AvgIpc) is 2.95. The van der Waals surface area contributed by atoms with Crippen molar-refractivity contribution in [3.05, 3.63) is 23.3 Å². The third-order valence-corrected chi connectivity index (χ3v) is 9.16. The second-order valence-corrected chi connectivity index (χ2v) is 11.4. The van der Waals surface area contributed by atoms with Crippen LogP contribution in [0.15, 0.2) is 28.5 Å². The van der Waals surface area contributed by atoms with Crippen molar-refractivity contribution < 1.29 is 4.84 Å². The SMILES string of the molecule is CC(C)=CCCC(C)CCO/N=C(C)/C=C(\C)[C@@]12CCC[C@@]3(C)[C@@H]1CC[C@@]3(C)C2. The van der Waals surface area contributed by atoms with Gasteiger partial charge in [0.15, 0.2) is 0 Å². The number of hydrogen-bond donors (Lipinski definition) is 0. The fraction of sp³-hybridized carbons (Fsp3) is 0.815. The van der Waals surface area contributed by atoms with Crippen LogP contribution in [-0.2, 0) is 4.84 Å². The van der Waals surface area contributed by atoms with E-state index in [0.717, 1.165) is 24.7 Å². The van der Waals surface area contributed by atoms with Crippen molar-refractivity contribution in [3.63, 3.8) is 0 Å². The van der Waals surface area contributed by atoms with E-state index in [1.807, 2.05) is 0 Å². The predicted molar refractivity (Wildman–Crippen MR) is 125 cm³/mol. The number of oxime groups is 1. The molecule has 29 heavy (non-hydrogen) atoms. The fourth-order valence-electron chi connectivity index (χ4n) is 7.29. The molecule has 2 heteroatoms. The highest BCUT2D eigenvalue weighted by Crippen LogP contribution is 2.78. The third kappa shape index (κ3) is 4.23. The Hall–Kier alpha value is -1.05. The summed E-state index contributed by atoms with van der Waals surface area (Å²) < 4.78 is 0. The molecule has 164 valence electrons. The summed E-state index contributed by atoms with van der Waals surface area (Å²) in [6.07, 6.45) is 16.6. The minimum absolute atomic E-state index is 0.427. The molecule has 5 atom stereocenters. The smallest absolute Gasteiger partial charge is 0.117 e. The van der Waals surface area contributed by atoms with E-state index in [2.05, 4.69) is 65.8 Å². The molecular weight excluding hydrogens is 354 g/mol. The zero-order valence-corrected chi connectivity index (χ0v) is 20.2. The van der Waals surface area contributed by atoms with Crippen LogP contribution >= 0.6 is 0 Å². The van der Waals surface area contributed by atoms with Gasteiger partial charge in [-0.25, -0.2) is 0 Å². The van der Waals surface area contributed by atoms with Crippen molar-refractivity contribution in [2.45, 2.75) is 106 Å². The molecule has 4 bridgehead atoms. The van der Waals surface area contributed by atoms with Crippen LogP contribution in [0.25, 0.3) is 0 Å². The maximum atomic E-state index is 5.69. The Morgan fingerprint density at radius 2 is 1.86 bits per heavy atom. The first-order valence-electron chi connectivity index (χ1n) is 12.1. The molecule has 0 heterocycles. The van der Waals surface area contributed by atoms with E-state index in [9.17, 15) is 0 Å². The van der Waals surface area contributed by atoms with Crippen LogP contribution in [0.4, 0.5) is 0 Å². The maximum absolute atomic E-state index is 5.69. The second kappa shape index (κ2) is 8.60. The van der Waals surface area contributed by atoms with Crippen LogP contribution < -0.4 is 0 Å². The van der Waals surface area contributed by atoms with Gasteiger partial charge in [-0.3, -0.25) is 0 Å². The molecule has 1 unspecified atom stereocenters. The third-order valence-electron chi connectivity index (χ3n) is 9.16. The van der Waals surface area contributed by atoms with Gasteiger partial charge in [-0.05, 0) is 113 Å². The lowest BCUT2D eigenvalue weighted by Crippen LogP contribution is -2.37. The first kappa shape index (κ1) is 22.6. The van der Waals surface area contributed by atoms with Crippen molar-refractivity contribution in [2.24, 2.45) is 33.2 Å². The van der Waals surface area contributed by atoms with Crippen molar-refractivity contribution >= 4 is 5.71 Å². The molecule has 0 aromatic heterocycles. The Kier molecular flexibility index (Phi) is 6.71. The van der Waals surface area contributed by atoms with Crippen LogP contribution in [0.1, 0.15) is 106 Å². The molecule has 0 saturated heterocycles. The molecule has 3 aliphatic rings. The first-order chi connectivity index (χ1) is 13.6. The van der Waals surface area contributed by atoms with E-state index in [1.54, 1.807) is 5.57 Å². The molecule has 0 amide bonds. The molecule has 0 aliphatic heterocycles. The molecule has 0 N–H and O–H groups in total. The van der Waals surface area contributed by atoms with E-state index in [4.69, 9.17) is 4.84 Å². The minimum atomic E-state index is 0.427. The van der Waals surface area contributed by atoms with Crippen molar-refractivity contribution in [1.82, 2.24) is 0 Å². The van der Waals surface area contributed by atoms with Gasteiger partial charge in [-0.1, -0.05) is 49.6 Å². The zero-order chi connectivity index (χ0) is 21.3. The molecule has 0 spiro atoms. The van der Waals surface area contributed by atoms with Crippen molar-refractivity contribution in [3.8, 4) is 0 Å². The molecule has 3 aliphatic carbocycles. The van der Waals surface area contributed by atoms with Gasteiger partial charge in [-0.15, -0.1) is 0 Å². The fourth-order valence-corrected chi connectivity index (χ4v) is 7.29. The van der Waals surface area contributed by atoms with Crippen LogP contribution in [0.5, 0.6) is 0 Å². The lowest BCUT2D eigenvalue weighted by Gasteiger charge is -2.46. The average molecular weight is 400 g/mol. The molecule has 0 radical (unpaired) electrons. The van der Waals surface area contributed by atoms with Crippen LogP contribution in [-0.4, -0.2) is 12.3 Å². The topological polar surface area (TPSA) is 21.6 Å². The largest absolute Gasteiger partial charge is 0.396 e. The van der Waals surface area contributed by atoms with Crippen LogP contribution in [0, 0.1) is 28.1 Å². The molecular formula is C27H45NO. The van der Waals surface area contributed by atoms with Gasteiger partial charge in [0.2, 0.25) is 0 Å². The number of allylic oxidation sites excluding steroid dienone is 4. The Morgan fingerprint density at radius 1 is 1.10 bits per heavy atom. The van der Waals surface area contributed by atoms with E-state index >= 15 is 0 Å². The summed E-state index contributed by atoms with van der Waals surface area (Å²) in [5.74, 6) is 1.56. The maximum Gasteiger partial charge on any atom is 0.117 e. The molecule has 0 aromatic carbocycles. The number of nitrogens with zero attached hydrogens (tertiary/aromatic N) is 1. The zero-order valence-electron chi connectivity index (χ0n) is 20.2. The summed E-state index contributed by atoms with van der Waals surface area (Å²) in [5.41, 5.74) is 5.55. The Balaban J connectivity index is 1.54. The summed E-state index contributed by atoms with van der Waals surface area (Å²) in [5, 5.41) is 4.44. The van der Waals surface area contributed by atoms with E-state index in [0.29, 0.717) is 22.2 Å². The van der Waals surface area contributed by atoms with Gasteiger partial charge < -0.3 is 4.84 Å². The summed E-state index contributed by atoms with van der Waals surface area (Å²) in [4.78, 5) is 5.69.